The molecule has 1 fully saturated rings. The van der Waals surface area contributed by atoms with E-state index in [1.54, 1.807) is 12.1 Å². The van der Waals surface area contributed by atoms with Crippen molar-refractivity contribution < 1.29 is 13.6 Å². The van der Waals surface area contributed by atoms with Gasteiger partial charge in [-0.25, -0.2) is 9.18 Å². The van der Waals surface area contributed by atoms with Crippen molar-refractivity contribution in [2.24, 2.45) is 5.92 Å². The first kappa shape index (κ1) is 20.6. The lowest BCUT2D eigenvalue weighted by atomic mass is 9.96. The van der Waals surface area contributed by atoms with Gasteiger partial charge in [0, 0.05) is 41.6 Å². The van der Waals surface area contributed by atoms with E-state index in [9.17, 15) is 14.0 Å². The molecule has 2 aromatic carbocycles. The standard InChI is InChI=1S/C24H23ClFNO3/c1-15(24(29)27-9-3-2-4-10-27)11-16-5-7-19-20(14-23(28)30-22(19)12-16)18-8-6-17(26)13-21(18)25/h5-8,12-15H,2-4,9-11H2,1H3/t15-/m1/s1. The first-order chi connectivity index (χ1) is 14.4. The fourth-order valence-corrected chi connectivity index (χ4v) is 4.40. The van der Waals surface area contributed by atoms with Gasteiger partial charge >= 0.3 is 5.63 Å². The van der Waals surface area contributed by atoms with Gasteiger partial charge in [0.2, 0.25) is 5.91 Å². The van der Waals surface area contributed by atoms with Crippen LogP contribution in [0.25, 0.3) is 22.1 Å². The monoisotopic (exact) mass is 427 g/mol. The van der Waals surface area contributed by atoms with Crippen molar-refractivity contribution in [2.45, 2.75) is 32.6 Å². The van der Waals surface area contributed by atoms with Gasteiger partial charge in [-0.2, -0.15) is 0 Å². The number of likely N-dealkylation sites (tertiary alicyclic amines) is 1. The van der Waals surface area contributed by atoms with Gasteiger partial charge in [-0.3, -0.25) is 4.79 Å². The van der Waals surface area contributed by atoms with Crippen LogP contribution in [0.3, 0.4) is 0 Å². The maximum absolute atomic E-state index is 13.4. The summed E-state index contributed by atoms with van der Waals surface area (Å²) in [4.78, 5) is 26.8. The molecule has 0 unspecified atom stereocenters. The second-order valence-corrected chi connectivity index (χ2v) is 8.33. The smallest absolute Gasteiger partial charge is 0.336 e. The summed E-state index contributed by atoms with van der Waals surface area (Å²) in [6.07, 6.45) is 3.88. The molecule has 156 valence electrons. The fourth-order valence-electron chi connectivity index (χ4n) is 4.13. The molecular weight excluding hydrogens is 405 g/mol. The molecule has 0 bridgehead atoms. The average molecular weight is 428 g/mol. The Balaban J connectivity index is 1.64. The van der Waals surface area contributed by atoms with Gasteiger partial charge in [0.1, 0.15) is 11.4 Å². The Morgan fingerprint density at radius 1 is 1.10 bits per heavy atom. The summed E-state index contributed by atoms with van der Waals surface area (Å²) in [6.45, 7) is 3.60. The lowest BCUT2D eigenvalue weighted by Gasteiger charge is -2.29. The van der Waals surface area contributed by atoms with Gasteiger partial charge in [-0.15, -0.1) is 0 Å². The highest BCUT2D eigenvalue weighted by molar-refractivity contribution is 6.33. The fraction of sp³-hybridized carbons (Fsp3) is 0.333. The molecule has 1 aromatic heterocycles. The summed E-state index contributed by atoms with van der Waals surface area (Å²) >= 11 is 6.21. The Morgan fingerprint density at radius 2 is 1.87 bits per heavy atom. The highest BCUT2D eigenvalue weighted by atomic mass is 35.5. The van der Waals surface area contributed by atoms with Gasteiger partial charge in [-0.1, -0.05) is 30.7 Å². The molecule has 4 rings (SSSR count). The molecule has 1 aliphatic rings. The predicted octanol–water partition coefficient (Wildman–Crippen LogP) is 5.44. The summed E-state index contributed by atoms with van der Waals surface area (Å²) in [7, 11) is 0. The second-order valence-electron chi connectivity index (χ2n) is 7.92. The van der Waals surface area contributed by atoms with E-state index in [-0.39, 0.29) is 16.8 Å². The Kier molecular flexibility index (Phi) is 5.91. The lowest BCUT2D eigenvalue weighted by molar-refractivity contribution is -0.135. The number of amides is 1. The number of halogens is 2. The van der Waals surface area contributed by atoms with Crippen molar-refractivity contribution in [1.29, 1.82) is 0 Å². The van der Waals surface area contributed by atoms with E-state index in [1.807, 2.05) is 24.0 Å². The van der Waals surface area contributed by atoms with Crippen molar-refractivity contribution in [3.05, 3.63) is 69.3 Å². The van der Waals surface area contributed by atoms with Crippen LogP contribution in [-0.4, -0.2) is 23.9 Å². The molecule has 3 aromatic rings. The third-order valence-electron chi connectivity index (χ3n) is 5.66. The molecule has 2 heterocycles. The topological polar surface area (TPSA) is 50.5 Å². The number of benzene rings is 2. The third kappa shape index (κ3) is 4.26. The molecule has 0 spiro atoms. The molecule has 0 N–H and O–H groups in total. The number of nitrogens with zero attached hydrogens (tertiary/aromatic N) is 1. The molecule has 1 amide bonds. The van der Waals surface area contributed by atoms with Crippen LogP contribution < -0.4 is 5.63 Å². The number of carbonyl (C=O) groups excluding carboxylic acids is 1. The summed E-state index contributed by atoms with van der Waals surface area (Å²) in [6, 6.07) is 11.0. The number of rotatable bonds is 4. The van der Waals surface area contributed by atoms with Gasteiger partial charge < -0.3 is 9.32 Å². The zero-order valence-electron chi connectivity index (χ0n) is 16.8. The van der Waals surface area contributed by atoms with Crippen molar-refractivity contribution in [2.75, 3.05) is 13.1 Å². The van der Waals surface area contributed by atoms with Crippen molar-refractivity contribution in [3.8, 4) is 11.1 Å². The summed E-state index contributed by atoms with van der Waals surface area (Å²) < 4.78 is 18.9. The van der Waals surface area contributed by atoms with Crippen LogP contribution in [0.15, 0.2) is 51.7 Å². The maximum Gasteiger partial charge on any atom is 0.336 e. The quantitative estimate of drug-likeness (QED) is 0.520. The van der Waals surface area contributed by atoms with Crippen LogP contribution in [0.2, 0.25) is 5.02 Å². The van der Waals surface area contributed by atoms with Gasteiger partial charge in [-0.05, 0) is 55.5 Å². The highest BCUT2D eigenvalue weighted by Crippen LogP contribution is 2.33. The van der Waals surface area contributed by atoms with E-state index in [0.29, 0.717) is 28.5 Å². The van der Waals surface area contributed by atoms with E-state index < -0.39 is 11.4 Å². The summed E-state index contributed by atoms with van der Waals surface area (Å²) in [5.41, 5.74) is 2.00. The van der Waals surface area contributed by atoms with Crippen LogP contribution in [-0.2, 0) is 11.2 Å². The van der Waals surface area contributed by atoms with E-state index >= 15 is 0 Å². The van der Waals surface area contributed by atoms with E-state index in [4.69, 9.17) is 16.0 Å². The molecular formula is C24H23ClFNO3. The lowest BCUT2D eigenvalue weighted by Crippen LogP contribution is -2.39. The predicted molar refractivity (Wildman–Crippen MR) is 116 cm³/mol. The zero-order chi connectivity index (χ0) is 21.3. The molecule has 4 nitrogen and oxygen atoms in total. The first-order valence-electron chi connectivity index (χ1n) is 10.2. The number of fused-ring (bicyclic) bond motifs is 1. The minimum Gasteiger partial charge on any atom is -0.423 e. The van der Waals surface area contributed by atoms with Crippen LogP contribution in [0.1, 0.15) is 31.7 Å². The Bertz CT molecular complexity index is 1150. The minimum absolute atomic E-state index is 0.151. The van der Waals surface area contributed by atoms with Crippen molar-refractivity contribution in [1.82, 2.24) is 4.90 Å². The Morgan fingerprint density at radius 3 is 2.60 bits per heavy atom. The highest BCUT2D eigenvalue weighted by Gasteiger charge is 2.22. The number of hydrogen-bond acceptors (Lipinski definition) is 3. The van der Waals surface area contributed by atoms with Crippen molar-refractivity contribution in [3.63, 3.8) is 0 Å². The molecule has 0 radical (unpaired) electrons. The second kappa shape index (κ2) is 8.60. The molecule has 30 heavy (non-hydrogen) atoms. The number of hydrogen-bond donors (Lipinski definition) is 0. The molecule has 1 saturated heterocycles. The normalized spacial score (nSPS) is 15.4. The van der Waals surface area contributed by atoms with E-state index in [0.717, 1.165) is 31.5 Å². The van der Waals surface area contributed by atoms with Crippen LogP contribution in [0.5, 0.6) is 0 Å². The molecule has 0 saturated carbocycles. The van der Waals surface area contributed by atoms with Gasteiger partial charge in [0.05, 0.1) is 5.02 Å². The van der Waals surface area contributed by atoms with Crippen molar-refractivity contribution >= 4 is 28.5 Å². The summed E-state index contributed by atoms with van der Waals surface area (Å²) in [5.74, 6) is -0.421. The molecule has 6 heteroatoms. The third-order valence-corrected chi connectivity index (χ3v) is 5.97. The number of piperidine rings is 1. The Labute approximate surface area is 179 Å². The van der Waals surface area contributed by atoms with Crippen LogP contribution in [0.4, 0.5) is 4.39 Å². The SMILES string of the molecule is C[C@H](Cc1ccc2c(-c3ccc(F)cc3Cl)cc(=O)oc2c1)C(=O)N1CCCCC1. The minimum atomic E-state index is -0.507. The number of carbonyl (C=O) groups is 1. The van der Waals surface area contributed by atoms with E-state index in [1.165, 1.54) is 24.6 Å². The largest absolute Gasteiger partial charge is 0.423 e. The van der Waals surface area contributed by atoms with E-state index in [2.05, 4.69) is 0 Å². The van der Waals surface area contributed by atoms with Gasteiger partial charge in [0.25, 0.3) is 0 Å². The maximum atomic E-state index is 13.4. The Hall–Kier alpha value is -2.66. The summed E-state index contributed by atoms with van der Waals surface area (Å²) in [5, 5.41) is 0.939. The molecule has 1 atom stereocenters. The van der Waals surface area contributed by atoms with Crippen LogP contribution in [0, 0.1) is 11.7 Å². The first-order valence-corrected chi connectivity index (χ1v) is 10.6. The average Bonchev–Trinajstić information content (AvgIpc) is 2.73. The van der Waals surface area contributed by atoms with Gasteiger partial charge in [0.15, 0.2) is 0 Å². The van der Waals surface area contributed by atoms with Crippen LogP contribution >= 0.6 is 11.6 Å². The molecule has 0 aliphatic carbocycles. The zero-order valence-corrected chi connectivity index (χ0v) is 17.5. The molecule has 1 aliphatic heterocycles.